The van der Waals surface area contributed by atoms with Gasteiger partial charge in [-0.2, -0.15) is 12.6 Å². The summed E-state index contributed by atoms with van der Waals surface area (Å²) in [6.45, 7) is -1.38. The third-order valence-corrected chi connectivity index (χ3v) is 4.18. The third kappa shape index (κ3) is 8.37. The number of carboxylic acids is 1. The van der Waals surface area contributed by atoms with Crippen molar-refractivity contribution in [3.63, 3.8) is 0 Å². The van der Waals surface area contributed by atoms with Crippen LogP contribution in [0.2, 0.25) is 0 Å². The number of rotatable bonds is 11. The van der Waals surface area contributed by atoms with Crippen LogP contribution in [-0.2, 0) is 25.6 Å². The summed E-state index contributed by atoms with van der Waals surface area (Å²) < 4.78 is 0. The molecule has 0 radical (unpaired) electrons. The number of nitrogens with one attached hydrogen (secondary N) is 3. The number of aliphatic hydroxyl groups is 1. The molecule has 0 bridgehead atoms. The van der Waals surface area contributed by atoms with Gasteiger partial charge in [0.1, 0.15) is 17.8 Å². The summed E-state index contributed by atoms with van der Waals surface area (Å²) in [5.74, 6) is -3.49. The number of nitrogens with two attached hydrogens (primary N) is 1. The molecule has 3 unspecified atom stereocenters. The molecule has 0 heterocycles. The van der Waals surface area contributed by atoms with Crippen LogP contribution in [0.1, 0.15) is 5.56 Å². The number of aliphatic hydroxyl groups excluding tert-OH is 1. The molecule has 0 saturated carbocycles. The van der Waals surface area contributed by atoms with Gasteiger partial charge in [0.15, 0.2) is 0 Å². The van der Waals surface area contributed by atoms with Gasteiger partial charge >= 0.3 is 5.97 Å². The molecule has 0 aliphatic heterocycles. The summed E-state index contributed by atoms with van der Waals surface area (Å²) >= 11 is 3.93. The Labute approximate surface area is 172 Å². The number of phenolic OH excluding ortho intramolecular Hbond substituents is 1. The number of carbonyl (C=O) groups is 4. The number of benzene rings is 1. The van der Waals surface area contributed by atoms with Gasteiger partial charge in [0.05, 0.1) is 19.2 Å². The molecule has 12 heteroatoms. The molecule has 29 heavy (non-hydrogen) atoms. The first-order valence-corrected chi connectivity index (χ1v) is 9.16. The number of hydrogen-bond acceptors (Lipinski definition) is 8. The SMILES string of the molecule is NC(CS)C(=O)NC(Cc1ccc(O)cc1)C(=O)NCC(=O)NC(CO)C(=O)O. The zero-order chi connectivity index (χ0) is 22.0. The molecule has 1 aromatic rings. The number of phenols is 1. The van der Waals surface area contributed by atoms with E-state index < -0.39 is 55.0 Å². The number of aromatic hydroxyl groups is 1. The van der Waals surface area contributed by atoms with E-state index in [0.29, 0.717) is 5.56 Å². The standard InChI is InChI=1S/C17H24N4O7S/c18-11(8-29)15(25)21-12(5-9-1-3-10(23)4-2-9)16(26)19-6-14(24)20-13(7-22)17(27)28/h1-4,11-13,22-23,29H,5-8,18H2,(H,19,26)(H,20,24)(H,21,25)(H,27,28). The summed E-state index contributed by atoms with van der Waals surface area (Å²) in [6, 6.07) is 2.42. The van der Waals surface area contributed by atoms with E-state index in [2.05, 4.69) is 23.3 Å². The van der Waals surface area contributed by atoms with Crippen LogP contribution in [0.5, 0.6) is 5.75 Å². The predicted octanol–water partition coefficient (Wildman–Crippen LogP) is -2.65. The van der Waals surface area contributed by atoms with E-state index in [1.807, 2.05) is 5.32 Å². The fraction of sp³-hybridized carbons (Fsp3) is 0.412. The van der Waals surface area contributed by atoms with Crippen molar-refractivity contribution in [1.82, 2.24) is 16.0 Å². The molecule has 0 spiro atoms. The average molecular weight is 428 g/mol. The molecule has 3 amide bonds. The monoisotopic (exact) mass is 428 g/mol. The molecular weight excluding hydrogens is 404 g/mol. The van der Waals surface area contributed by atoms with Crippen molar-refractivity contribution in [3.05, 3.63) is 29.8 Å². The van der Waals surface area contributed by atoms with Gasteiger partial charge in [-0.05, 0) is 17.7 Å². The highest BCUT2D eigenvalue weighted by Gasteiger charge is 2.25. The van der Waals surface area contributed by atoms with E-state index in [1.54, 1.807) is 12.1 Å². The maximum absolute atomic E-state index is 12.5. The molecule has 0 aliphatic rings. The van der Waals surface area contributed by atoms with E-state index in [-0.39, 0.29) is 17.9 Å². The minimum atomic E-state index is -1.50. The van der Waals surface area contributed by atoms with Crippen LogP contribution in [0.4, 0.5) is 0 Å². The zero-order valence-corrected chi connectivity index (χ0v) is 16.3. The van der Waals surface area contributed by atoms with Gasteiger partial charge in [-0.3, -0.25) is 14.4 Å². The molecule has 8 N–H and O–H groups in total. The lowest BCUT2D eigenvalue weighted by molar-refractivity contribution is -0.142. The third-order valence-electron chi connectivity index (χ3n) is 3.78. The Morgan fingerprint density at radius 2 is 1.66 bits per heavy atom. The number of aliphatic carboxylic acids is 1. The second-order valence-electron chi connectivity index (χ2n) is 6.08. The Kier molecular flexibility index (Phi) is 9.92. The fourth-order valence-electron chi connectivity index (χ4n) is 2.16. The number of amides is 3. The summed E-state index contributed by atoms with van der Waals surface area (Å²) in [4.78, 5) is 47.1. The maximum atomic E-state index is 12.5. The minimum absolute atomic E-state index is 0.0319. The minimum Gasteiger partial charge on any atom is -0.508 e. The van der Waals surface area contributed by atoms with Crippen molar-refractivity contribution < 1.29 is 34.5 Å². The van der Waals surface area contributed by atoms with Gasteiger partial charge in [-0.1, -0.05) is 12.1 Å². The number of hydrogen-bond donors (Lipinski definition) is 8. The highest BCUT2D eigenvalue weighted by atomic mass is 32.1. The van der Waals surface area contributed by atoms with Gasteiger partial charge in [-0.15, -0.1) is 0 Å². The Hall–Kier alpha value is -2.83. The maximum Gasteiger partial charge on any atom is 0.328 e. The lowest BCUT2D eigenvalue weighted by Crippen LogP contribution is -2.54. The summed E-state index contributed by atoms with van der Waals surface area (Å²) in [5.41, 5.74) is 6.23. The topological polar surface area (TPSA) is 191 Å². The molecular formula is C17H24N4O7S. The van der Waals surface area contributed by atoms with Gasteiger partial charge in [-0.25, -0.2) is 4.79 Å². The van der Waals surface area contributed by atoms with Gasteiger partial charge in [0.2, 0.25) is 17.7 Å². The Morgan fingerprint density at radius 3 is 2.17 bits per heavy atom. The van der Waals surface area contributed by atoms with Crippen molar-refractivity contribution in [3.8, 4) is 5.75 Å². The van der Waals surface area contributed by atoms with Crippen molar-refractivity contribution in [2.24, 2.45) is 5.73 Å². The van der Waals surface area contributed by atoms with Crippen molar-refractivity contribution in [2.75, 3.05) is 18.9 Å². The van der Waals surface area contributed by atoms with E-state index in [0.717, 1.165) is 0 Å². The van der Waals surface area contributed by atoms with Crippen LogP contribution in [0, 0.1) is 0 Å². The van der Waals surface area contributed by atoms with Gasteiger partial charge < -0.3 is 37.0 Å². The zero-order valence-electron chi connectivity index (χ0n) is 15.4. The van der Waals surface area contributed by atoms with Crippen LogP contribution in [0.25, 0.3) is 0 Å². The predicted molar refractivity (Wildman–Crippen MR) is 105 cm³/mol. The van der Waals surface area contributed by atoms with Crippen LogP contribution >= 0.6 is 12.6 Å². The Bertz CT molecular complexity index is 729. The molecule has 0 fully saturated rings. The first kappa shape index (κ1) is 24.2. The Morgan fingerprint density at radius 1 is 1.03 bits per heavy atom. The second kappa shape index (κ2) is 11.9. The summed E-state index contributed by atoms with van der Waals surface area (Å²) in [6.07, 6.45) is 0.0488. The lowest BCUT2D eigenvalue weighted by Gasteiger charge is -2.20. The molecule has 160 valence electrons. The first-order chi connectivity index (χ1) is 13.7. The molecule has 3 atom stereocenters. The molecule has 11 nitrogen and oxygen atoms in total. The smallest absolute Gasteiger partial charge is 0.328 e. The highest BCUT2D eigenvalue weighted by molar-refractivity contribution is 7.80. The summed E-state index contributed by atoms with van der Waals surface area (Å²) in [7, 11) is 0. The first-order valence-electron chi connectivity index (χ1n) is 8.53. The molecule has 0 aliphatic carbocycles. The lowest BCUT2D eigenvalue weighted by atomic mass is 10.0. The number of thiol groups is 1. The van der Waals surface area contributed by atoms with E-state index in [1.165, 1.54) is 12.1 Å². The van der Waals surface area contributed by atoms with Gasteiger partial charge in [0.25, 0.3) is 0 Å². The number of carbonyl (C=O) groups excluding carboxylic acids is 3. The second-order valence-corrected chi connectivity index (χ2v) is 6.44. The largest absolute Gasteiger partial charge is 0.508 e. The average Bonchev–Trinajstić information content (AvgIpc) is 2.70. The fourth-order valence-corrected chi connectivity index (χ4v) is 2.33. The highest BCUT2D eigenvalue weighted by Crippen LogP contribution is 2.11. The molecule has 0 aromatic heterocycles. The van der Waals surface area contributed by atoms with Crippen molar-refractivity contribution in [2.45, 2.75) is 24.5 Å². The van der Waals surface area contributed by atoms with E-state index in [4.69, 9.17) is 15.9 Å². The van der Waals surface area contributed by atoms with Crippen molar-refractivity contribution in [1.29, 1.82) is 0 Å². The summed E-state index contributed by atoms with van der Waals surface area (Å²) in [5, 5.41) is 33.9. The van der Waals surface area contributed by atoms with E-state index in [9.17, 15) is 24.3 Å². The van der Waals surface area contributed by atoms with E-state index >= 15 is 0 Å². The molecule has 0 saturated heterocycles. The van der Waals surface area contributed by atoms with Crippen molar-refractivity contribution >= 4 is 36.3 Å². The number of carboxylic acid groups (broad SMARTS) is 1. The Balaban J connectivity index is 2.78. The van der Waals surface area contributed by atoms with Crippen LogP contribution in [0.15, 0.2) is 24.3 Å². The van der Waals surface area contributed by atoms with Crippen LogP contribution in [0.3, 0.4) is 0 Å². The van der Waals surface area contributed by atoms with Crippen LogP contribution in [-0.4, -0.2) is 76.0 Å². The van der Waals surface area contributed by atoms with Crippen LogP contribution < -0.4 is 21.7 Å². The quantitative estimate of drug-likeness (QED) is 0.175. The van der Waals surface area contributed by atoms with Gasteiger partial charge in [0, 0.05) is 12.2 Å². The molecule has 1 aromatic carbocycles. The molecule has 1 rings (SSSR count). The normalized spacial score (nSPS) is 13.6.